The van der Waals surface area contributed by atoms with Gasteiger partial charge < -0.3 is 4.90 Å². The zero-order valence-electron chi connectivity index (χ0n) is 13.8. The van der Waals surface area contributed by atoms with Gasteiger partial charge in [0.05, 0.1) is 4.92 Å². The number of allylic oxidation sites excluding steroid dienone is 6. The molecule has 1 aromatic carbocycles. The molecule has 0 unspecified atom stereocenters. The van der Waals surface area contributed by atoms with Crippen LogP contribution in [0.1, 0.15) is 18.1 Å². The van der Waals surface area contributed by atoms with E-state index < -0.39 is 4.92 Å². The lowest BCUT2D eigenvalue weighted by Crippen LogP contribution is -2.09. The molecule has 0 aliphatic heterocycles. The highest BCUT2D eigenvalue weighted by atomic mass is 16.6. The van der Waals surface area contributed by atoms with Crippen molar-refractivity contribution in [3.05, 3.63) is 100 Å². The van der Waals surface area contributed by atoms with E-state index in [-0.39, 0.29) is 5.70 Å². The summed E-state index contributed by atoms with van der Waals surface area (Å²) >= 11 is 0. The van der Waals surface area contributed by atoms with Gasteiger partial charge in [-0.1, -0.05) is 43.0 Å². The highest BCUT2D eigenvalue weighted by molar-refractivity contribution is 5.68. The van der Waals surface area contributed by atoms with Crippen molar-refractivity contribution in [3.63, 3.8) is 0 Å². The lowest BCUT2D eigenvalue weighted by Gasteiger charge is -2.20. The molecule has 23 heavy (non-hydrogen) atoms. The highest BCUT2D eigenvalue weighted by Crippen LogP contribution is 2.21. The summed E-state index contributed by atoms with van der Waals surface area (Å²) < 4.78 is 0. The Morgan fingerprint density at radius 2 is 2.00 bits per heavy atom. The highest BCUT2D eigenvalue weighted by Gasteiger charge is 2.06. The third kappa shape index (κ3) is 5.43. The smallest absolute Gasteiger partial charge is 0.265 e. The Kier molecular flexibility index (Phi) is 7.27. The molecule has 1 aromatic rings. The third-order valence-corrected chi connectivity index (χ3v) is 3.27. The Labute approximate surface area is 137 Å². The van der Waals surface area contributed by atoms with Gasteiger partial charge in [0.15, 0.2) is 0 Å². The van der Waals surface area contributed by atoms with Crippen LogP contribution in [0.4, 0.5) is 0 Å². The van der Waals surface area contributed by atoms with Crippen LogP contribution < -0.4 is 0 Å². The Bertz CT molecular complexity index is 682. The second-order valence-electron chi connectivity index (χ2n) is 4.88. The predicted molar refractivity (Wildman–Crippen MR) is 96.1 cm³/mol. The van der Waals surface area contributed by atoms with E-state index in [9.17, 15) is 10.1 Å². The number of nitrogens with zero attached hydrogens (tertiary/aromatic N) is 2. The van der Waals surface area contributed by atoms with Crippen LogP contribution in [0, 0.1) is 17.0 Å². The van der Waals surface area contributed by atoms with Gasteiger partial charge in [-0.25, -0.2) is 0 Å². The van der Waals surface area contributed by atoms with Gasteiger partial charge in [0, 0.05) is 30.6 Å². The molecule has 0 atom stereocenters. The zero-order chi connectivity index (χ0) is 17.2. The first-order valence-corrected chi connectivity index (χ1v) is 7.28. The van der Waals surface area contributed by atoms with Gasteiger partial charge in [0.25, 0.3) is 5.70 Å². The third-order valence-electron chi connectivity index (χ3n) is 3.27. The summed E-state index contributed by atoms with van der Waals surface area (Å²) in [5.74, 6) is 0. The van der Waals surface area contributed by atoms with Crippen LogP contribution in [0.3, 0.4) is 0 Å². The molecule has 0 amide bonds. The van der Waals surface area contributed by atoms with Gasteiger partial charge in [0.1, 0.15) is 0 Å². The molecule has 0 aliphatic rings. The van der Waals surface area contributed by atoms with Crippen molar-refractivity contribution in [1.82, 2.24) is 4.90 Å². The van der Waals surface area contributed by atoms with Crippen molar-refractivity contribution in [3.8, 4) is 0 Å². The SMILES string of the molecule is C=C/C=C(\c1ccccc1C)N(C)/C=C/C=C\C(=C/C)[N+](=O)[O-]. The van der Waals surface area contributed by atoms with Crippen molar-refractivity contribution < 1.29 is 4.92 Å². The molecule has 0 saturated heterocycles. The summed E-state index contributed by atoms with van der Waals surface area (Å²) in [5, 5.41) is 10.7. The molecule has 0 aromatic heterocycles. The fourth-order valence-electron chi connectivity index (χ4n) is 2.04. The molecule has 0 saturated carbocycles. The van der Waals surface area contributed by atoms with Gasteiger partial charge in [-0.2, -0.15) is 0 Å². The second-order valence-corrected chi connectivity index (χ2v) is 4.88. The van der Waals surface area contributed by atoms with Crippen molar-refractivity contribution in [2.75, 3.05) is 7.05 Å². The number of rotatable bonds is 7. The van der Waals surface area contributed by atoms with Crippen LogP contribution in [0.2, 0.25) is 0 Å². The van der Waals surface area contributed by atoms with Gasteiger partial charge >= 0.3 is 0 Å². The van der Waals surface area contributed by atoms with Gasteiger partial charge in [-0.05, 0) is 37.6 Å². The summed E-state index contributed by atoms with van der Waals surface area (Å²) in [6, 6.07) is 8.10. The predicted octanol–water partition coefficient (Wildman–Crippen LogP) is 4.70. The maximum Gasteiger partial charge on any atom is 0.265 e. The van der Waals surface area contributed by atoms with Crippen LogP contribution >= 0.6 is 0 Å². The Morgan fingerprint density at radius 3 is 2.57 bits per heavy atom. The average Bonchev–Trinajstić information content (AvgIpc) is 2.53. The topological polar surface area (TPSA) is 46.4 Å². The van der Waals surface area contributed by atoms with E-state index in [0.717, 1.165) is 11.3 Å². The maximum absolute atomic E-state index is 10.7. The number of hydrogen-bond acceptors (Lipinski definition) is 3. The van der Waals surface area contributed by atoms with Gasteiger partial charge in [-0.15, -0.1) is 0 Å². The van der Waals surface area contributed by atoms with E-state index in [1.54, 1.807) is 25.2 Å². The first-order valence-electron chi connectivity index (χ1n) is 7.28. The molecule has 0 N–H and O–H groups in total. The molecule has 4 nitrogen and oxygen atoms in total. The lowest BCUT2D eigenvalue weighted by atomic mass is 10.0. The van der Waals surface area contributed by atoms with Crippen molar-refractivity contribution >= 4 is 5.70 Å². The minimum Gasteiger partial charge on any atom is -0.351 e. The Balaban J connectivity index is 2.95. The summed E-state index contributed by atoms with van der Waals surface area (Å²) in [5.41, 5.74) is 3.35. The number of nitro groups is 1. The molecule has 0 bridgehead atoms. The fourth-order valence-corrected chi connectivity index (χ4v) is 2.04. The summed E-state index contributed by atoms with van der Waals surface area (Å²) in [6.07, 6.45) is 11.9. The molecular weight excluding hydrogens is 288 g/mol. The standard InChI is InChI=1S/C19H22N2O2/c1-5-11-19(18-14-8-7-12-16(18)3)20(4)15-10-9-13-17(6-2)21(22)23/h5-15H,1H2,2-4H3/b13-9-,15-10+,17-6+,19-11+. The first-order chi connectivity index (χ1) is 11.0. The van der Waals surface area contributed by atoms with E-state index in [2.05, 4.69) is 25.6 Å². The van der Waals surface area contributed by atoms with E-state index in [0.29, 0.717) is 0 Å². The fraction of sp³-hybridized carbons (Fsp3) is 0.158. The Hall–Kier alpha value is -2.88. The molecule has 0 aliphatic carbocycles. The van der Waals surface area contributed by atoms with Crippen LogP contribution in [0.5, 0.6) is 0 Å². The van der Waals surface area contributed by atoms with Crippen LogP contribution in [-0.2, 0) is 0 Å². The largest absolute Gasteiger partial charge is 0.351 e. The van der Waals surface area contributed by atoms with Crippen molar-refractivity contribution in [2.24, 2.45) is 0 Å². The monoisotopic (exact) mass is 310 g/mol. The summed E-state index contributed by atoms with van der Waals surface area (Å²) in [6.45, 7) is 7.46. The zero-order valence-corrected chi connectivity index (χ0v) is 13.8. The number of benzene rings is 1. The van der Waals surface area contributed by atoms with Crippen LogP contribution in [0.25, 0.3) is 5.70 Å². The Morgan fingerprint density at radius 1 is 1.30 bits per heavy atom. The van der Waals surface area contributed by atoms with E-state index in [1.807, 2.05) is 36.4 Å². The maximum atomic E-state index is 10.7. The molecule has 4 heteroatoms. The van der Waals surface area contributed by atoms with Crippen molar-refractivity contribution in [2.45, 2.75) is 13.8 Å². The summed E-state index contributed by atoms with van der Waals surface area (Å²) in [7, 11) is 1.93. The van der Waals surface area contributed by atoms with E-state index in [4.69, 9.17) is 0 Å². The normalized spacial score (nSPS) is 12.8. The van der Waals surface area contributed by atoms with E-state index >= 15 is 0 Å². The number of hydrogen-bond donors (Lipinski definition) is 0. The minimum atomic E-state index is -0.412. The number of aryl methyl sites for hydroxylation is 1. The van der Waals surface area contributed by atoms with Gasteiger partial charge in [-0.3, -0.25) is 10.1 Å². The van der Waals surface area contributed by atoms with Crippen molar-refractivity contribution in [1.29, 1.82) is 0 Å². The minimum absolute atomic E-state index is 0.0677. The second kappa shape index (κ2) is 9.20. The first kappa shape index (κ1) is 18.2. The lowest BCUT2D eigenvalue weighted by molar-refractivity contribution is -0.419. The quantitative estimate of drug-likeness (QED) is 0.416. The molecule has 0 spiro atoms. The van der Waals surface area contributed by atoms with Crippen LogP contribution in [-0.4, -0.2) is 16.9 Å². The molecule has 0 heterocycles. The van der Waals surface area contributed by atoms with Crippen LogP contribution in [0.15, 0.2) is 79.2 Å². The molecule has 120 valence electrons. The van der Waals surface area contributed by atoms with E-state index in [1.165, 1.54) is 17.7 Å². The molecule has 1 rings (SSSR count). The molecular formula is C19H22N2O2. The van der Waals surface area contributed by atoms with Gasteiger partial charge in [0.2, 0.25) is 0 Å². The average molecular weight is 310 g/mol. The molecule has 0 fully saturated rings. The molecule has 0 radical (unpaired) electrons. The summed E-state index contributed by atoms with van der Waals surface area (Å²) in [4.78, 5) is 12.2.